The highest BCUT2D eigenvalue weighted by Gasteiger charge is 2.38. The number of hydrogen-bond acceptors (Lipinski definition) is 9. The molecule has 2 aliphatic rings. The number of rotatable bonds is 11. The van der Waals surface area contributed by atoms with Gasteiger partial charge in [0, 0.05) is 44.1 Å². The summed E-state index contributed by atoms with van der Waals surface area (Å²) in [6, 6.07) is 15.1. The van der Waals surface area contributed by atoms with Crippen molar-refractivity contribution >= 4 is 29.2 Å². The molecule has 2 N–H and O–H groups in total. The van der Waals surface area contributed by atoms with Crippen molar-refractivity contribution in [3.8, 4) is 5.75 Å². The minimum Gasteiger partial charge on any atom is -0.491 e. The Labute approximate surface area is 252 Å². The molecule has 10 heteroatoms. The summed E-state index contributed by atoms with van der Waals surface area (Å²) in [4.78, 5) is 30.4. The number of carbonyl (C=O) groups excluding carboxylic acids is 2. The average molecular weight is 598 g/mol. The summed E-state index contributed by atoms with van der Waals surface area (Å²) in [6.07, 6.45) is -0.664. The summed E-state index contributed by atoms with van der Waals surface area (Å²) in [5.41, 5.74) is 3.75. The minimum atomic E-state index is -0.664. The number of dihydropyridines is 1. The molecular weight excluding hydrogens is 558 g/mol. The number of anilines is 1. The van der Waals surface area contributed by atoms with Crippen LogP contribution in [-0.2, 0) is 19.1 Å². The fraction of sp³-hybridized carbons (Fsp3) is 0.438. The van der Waals surface area contributed by atoms with Gasteiger partial charge in [0.15, 0.2) is 0 Å². The summed E-state index contributed by atoms with van der Waals surface area (Å²) in [5, 5.41) is 14.6. The Morgan fingerprint density at radius 3 is 2.05 bits per heavy atom. The molecule has 2 aliphatic heterocycles. The molecule has 4 rings (SSSR count). The zero-order valence-corrected chi connectivity index (χ0v) is 25.4. The van der Waals surface area contributed by atoms with Crippen LogP contribution in [0.4, 0.5) is 5.69 Å². The second-order valence-electron chi connectivity index (χ2n) is 10.3. The van der Waals surface area contributed by atoms with Gasteiger partial charge >= 0.3 is 11.9 Å². The average Bonchev–Trinajstić information content (AvgIpc) is 2.97. The van der Waals surface area contributed by atoms with Gasteiger partial charge in [0.1, 0.15) is 18.5 Å². The fourth-order valence-corrected chi connectivity index (χ4v) is 5.72. The lowest BCUT2D eigenvalue weighted by Gasteiger charge is -2.37. The van der Waals surface area contributed by atoms with Crippen molar-refractivity contribution in [1.82, 2.24) is 10.2 Å². The summed E-state index contributed by atoms with van der Waals surface area (Å²) < 4.78 is 16.6. The number of β-amino-alcohol motifs (C(OH)–C–C–N with tert-alkyl or cyclic N) is 1. The van der Waals surface area contributed by atoms with Crippen LogP contribution in [0.2, 0.25) is 5.02 Å². The second-order valence-corrected chi connectivity index (χ2v) is 10.8. The van der Waals surface area contributed by atoms with E-state index in [0.29, 0.717) is 34.8 Å². The molecule has 0 spiro atoms. The van der Waals surface area contributed by atoms with Gasteiger partial charge in [0.25, 0.3) is 0 Å². The number of benzene rings is 2. The van der Waals surface area contributed by atoms with Crippen molar-refractivity contribution in [2.45, 2.75) is 39.7 Å². The maximum Gasteiger partial charge on any atom is 0.336 e. The Balaban J connectivity index is 1.38. The zero-order chi connectivity index (χ0) is 30.2. The molecule has 2 heterocycles. The third-order valence-electron chi connectivity index (χ3n) is 7.44. The lowest BCUT2D eigenvalue weighted by atomic mass is 9.80. The number of nitrogens with zero attached hydrogens (tertiary/aromatic N) is 2. The molecule has 0 saturated carbocycles. The lowest BCUT2D eigenvalue weighted by Crippen LogP contribution is -2.49. The molecule has 42 heavy (non-hydrogen) atoms. The van der Waals surface area contributed by atoms with Crippen LogP contribution in [0.5, 0.6) is 5.75 Å². The van der Waals surface area contributed by atoms with Crippen LogP contribution in [0.15, 0.2) is 71.1 Å². The number of aliphatic hydroxyl groups is 1. The van der Waals surface area contributed by atoms with Crippen LogP contribution >= 0.6 is 11.6 Å². The number of halogens is 1. The van der Waals surface area contributed by atoms with Crippen molar-refractivity contribution in [1.29, 1.82) is 0 Å². The van der Waals surface area contributed by atoms with Crippen molar-refractivity contribution in [3.05, 3.63) is 81.7 Å². The fourth-order valence-electron chi connectivity index (χ4n) is 5.47. The van der Waals surface area contributed by atoms with E-state index in [-0.39, 0.29) is 19.8 Å². The van der Waals surface area contributed by atoms with Crippen LogP contribution in [0.25, 0.3) is 0 Å². The predicted octanol–water partition coefficient (Wildman–Crippen LogP) is 4.26. The van der Waals surface area contributed by atoms with Crippen molar-refractivity contribution in [2.75, 3.05) is 57.4 Å². The van der Waals surface area contributed by atoms with Gasteiger partial charge in [-0.25, -0.2) is 9.59 Å². The smallest absolute Gasteiger partial charge is 0.336 e. The molecule has 226 valence electrons. The lowest BCUT2D eigenvalue weighted by molar-refractivity contribution is -0.139. The number of nitrogens with one attached hydrogen (secondary N) is 1. The van der Waals surface area contributed by atoms with E-state index in [2.05, 4.69) is 15.1 Å². The number of esters is 2. The van der Waals surface area contributed by atoms with E-state index in [4.69, 9.17) is 25.8 Å². The number of ether oxygens (including phenoxy) is 3. The quantitative estimate of drug-likeness (QED) is 0.368. The first-order chi connectivity index (χ1) is 20.2. The van der Waals surface area contributed by atoms with E-state index < -0.39 is 24.0 Å². The summed E-state index contributed by atoms with van der Waals surface area (Å²) >= 11 is 6.35. The van der Waals surface area contributed by atoms with Crippen LogP contribution in [0.3, 0.4) is 0 Å². The molecule has 1 unspecified atom stereocenters. The molecule has 0 amide bonds. The molecule has 0 aromatic heterocycles. The van der Waals surface area contributed by atoms with E-state index in [1.54, 1.807) is 39.8 Å². The number of para-hydroxylation sites is 1. The summed E-state index contributed by atoms with van der Waals surface area (Å²) in [7, 11) is 0. The predicted molar refractivity (Wildman–Crippen MR) is 163 cm³/mol. The second kappa shape index (κ2) is 14.6. The highest BCUT2D eigenvalue weighted by molar-refractivity contribution is 6.33. The Morgan fingerprint density at radius 2 is 1.50 bits per heavy atom. The first-order valence-corrected chi connectivity index (χ1v) is 14.8. The Kier molecular flexibility index (Phi) is 10.9. The van der Waals surface area contributed by atoms with Gasteiger partial charge in [-0.2, -0.15) is 0 Å². The van der Waals surface area contributed by atoms with Gasteiger partial charge in [-0.3, -0.25) is 4.90 Å². The molecule has 1 saturated heterocycles. The molecule has 0 aliphatic carbocycles. The number of aliphatic hydroxyl groups excluding tert-OH is 1. The third kappa shape index (κ3) is 7.45. The molecule has 0 radical (unpaired) electrons. The maximum atomic E-state index is 13.0. The van der Waals surface area contributed by atoms with Gasteiger partial charge in [0.05, 0.1) is 41.0 Å². The van der Waals surface area contributed by atoms with E-state index in [9.17, 15) is 14.7 Å². The van der Waals surface area contributed by atoms with E-state index in [1.165, 1.54) is 0 Å². The first kappa shape index (κ1) is 31.4. The maximum absolute atomic E-state index is 13.0. The van der Waals surface area contributed by atoms with Crippen LogP contribution in [-0.4, -0.2) is 80.6 Å². The van der Waals surface area contributed by atoms with Crippen LogP contribution in [0.1, 0.15) is 39.2 Å². The summed E-state index contributed by atoms with van der Waals surface area (Å²) in [6.45, 7) is 11.4. The molecule has 1 fully saturated rings. The molecule has 2 aromatic carbocycles. The Morgan fingerprint density at radius 1 is 0.929 bits per heavy atom. The molecular formula is C32H40ClN3O6. The topological polar surface area (TPSA) is 101 Å². The number of allylic oxidation sites excluding steroid dienone is 2. The van der Waals surface area contributed by atoms with Crippen molar-refractivity contribution < 1.29 is 28.9 Å². The SMILES string of the molecule is CCOC(=O)C1=C(C)NC(C)=C(C(=O)OCC)C1c1ccc(OCC(O)CN2CCN(c3ccccc3Cl)CC2)cc1. The largest absolute Gasteiger partial charge is 0.491 e. The highest BCUT2D eigenvalue weighted by atomic mass is 35.5. The zero-order valence-electron chi connectivity index (χ0n) is 24.7. The van der Waals surface area contributed by atoms with E-state index >= 15 is 0 Å². The highest BCUT2D eigenvalue weighted by Crippen LogP contribution is 2.39. The number of hydrogen-bond donors (Lipinski definition) is 2. The molecule has 9 nitrogen and oxygen atoms in total. The van der Waals surface area contributed by atoms with Crippen molar-refractivity contribution in [3.63, 3.8) is 0 Å². The van der Waals surface area contributed by atoms with Crippen LogP contribution < -0.4 is 15.0 Å². The monoisotopic (exact) mass is 597 g/mol. The van der Waals surface area contributed by atoms with Gasteiger partial charge in [-0.15, -0.1) is 0 Å². The normalized spacial score (nSPS) is 17.1. The van der Waals surface area contributed by atoms with Gasteiger partial charge in [0.2, 0.25) is 0 Å². The number of piperazine rings is 1. The number of carbonyl (C=O) groups is 2. The van der Waals surface area contributed by atoms with Gasteiger partial charge in [-0.05, 0) is 57.5 Å². The molecule has 2 aromatic rings. The third-order valence-corrected chi connectivity index (χ3v) is 7.76. The first-order valence-electron chi connectivity index (χ1n) is 14.4. The minimum absolute atomic E-state index is 0.137. The van der Waals surface area contributed by atoms with Crippen molar-refractivity contribution in [2.24, 2.45) is 0 Å². The van der Waals surface area contributed by atoms with E-state index in [0.717, 1.165) is 42.5 Å². The molecule has 1 atom stereocenters. The standard InChI is InChI=1S/C32H40ClN3O6/c1-5-40-31(38)28-21(3)34-22(4)29(32(39)41-6-2)30(28)23-11-13-25(14-12-23)42-20-24(37)19-35-15-17-36(18-16-35)27-10-8-7-9-26(27)33/h7-14,24,30,34,37H,5-6,15-20H2,1-4H3. The van der Waals surface area contributed by atoms with Crippen LogP contribution in [0, 0.1) is 0 Å². The van der Waals surface area contributed by atoms with Gasteiger partial charge < -0.3 is 29.5 Å². The van der Waals surface area contributed by atoms with E-state index in [1.807, 2.05) is 36.4 Å². The Hall–Kier alpha value is -3.53. The van der Waals surface area contributed by atoms with Gasteiger partial charge in [-0.1, -0.05) is 35.9 Å². The summed E-state index contributed by atoms with van der Waals surface area (Å²) in [5.74, 6) is -1.06. The molecule has 0 bridgehead atoms. The Bertz CT molecular complexity index is 1280.